The Hall–Kier alpha value is -2.08. The normalized spacial score (nSPS) is 16.5. The van der Waals surface area contributed by atoms with E-state index < -0.39 is 6.04 Å². The van der Waals surface area contributed by atoms with Gasteiger partial charge in [-0.3, -0.25) is 14.5 Å². The fourth-order valence-electron chi connectivity index (χ4n) is 3.23. The van der Waals surface area contributed by atoms with Crippen LogP contribution in [0.15, 0.2) is 42.5 Å². The molecule has 1 atom stereocenters. The molecule has 2 aromatic carbocycles. The van der Waals surface area contributed by atoms with Crippen molar-refractivity contribution >= 4 is 40.8 Å². The van der Waals surface area contributed by atoms with Crippen molar-refractivity contribution in [2.45, 2.75) is 25.4 Å². The molecule has 27 heavy (non-hydrogen) atoms. The van der Waals surface area contributed by atoms with Gasteiger partial charge in [-0.25, -0.2) is 0 Å². The number of fused-ring (bicyclic) bond motifs is 1. The molecule has 142 valence electrons. The molecule has 7 heteroatoms. The lowest BCUT2D eigenvalue weighted by Gasteiger charge is -2.35. The van der Waals surface area contributed by atoms with Crippen LogP contribution in [0, 0.1) is 0 Å². The number of esters is 1. The van der Waals surface area contributed by atoms with E-state index >= 15 is 0 Å². The van der Waals surface area contributed by atoms with Crippen LogP contribution in [-0.2, 0) is 27.3 Å². The number of ether oxygens (including phenoxy) is 1. The van der Waals surface area contributed by atoms with Crippen LogP contribution in [0.25, 0.3) is 0 Å². The predicted octanol–water partition coefficient (Wildman–Crippen LogP) is 3.92. The highest BCUT2D eigenvalue weighted by Gasteiger charge is 2.32. The number of carbonyl (C=O) groups excluding carboxylic acids is 2. The number of methoxy groups -OCH3 is 1. The van der Waals surface area contributed by atoms with Gasteiger partial charge in [0.2, 0.25) is 5.91 Å². The lowest BCUT2D eigenvalue weighted by atomic mass is 9.94. The van der Waals surface area contributed by atoms with E-state index in [0.29, 0.717) is 35.2 Å². The van der Waals surface area contributed by atoms with Crippen LogP contribution in [0.2, 0.25) is 10.0 Å². The highest BCUT2D eigenvalue weighted by Crippen LogP contribution is 2.26. The van der Waals surface area contributed by atoms with E-state index in [1.54, 1.807) is 18.2 Å². The van der Waals surface area contributed by atoms with Crippen molar-refractivity contribution in [1.82, 2.24) is 4.90 Å². The third kappa shape index (κ3) is 4.80. The Kier molecular flexibility index (Phi) is 6.37. The molecule has 1 unspecified atom stereocenters. The van der Waals surface area contributed by atoms with Crippen LogP contribution in [0.4, 0.5) is 5.69 Å². The van der Waals surface area contributed by atoms with Crippen molar-refractivity contribution in [3.63, 3.8) is 0 Å². The number of hydrogen-bond acceptors (Lipinski definition) is 4. The van der Waals surface area contributed by atoms with Crippen molar-refractivity contribution in [3.8, 4) is 0 Å². The van der Waals surface area contributed by atoms with Gasteiger partial charge in [-0.15, -0.1) is 0 Å². The molecule has 0 bridgehead atoms. The van der Waals surface area contributed by atoms with E-state index in [2.05, 4.69) is 5.32 Å². The summed E-state index contributed by atoms with van der Waals surface area (Å²) >= 11 is 12.0. The molecule has 0 saturated heterocycles. The molecule has 1 aliphatic rings. The van der Waals surface area contributed by atoms with Gasteiger partial charge in [-0.1, -0.05) is 47.5 Å². The minimum Gasteiger partial charge on any atom is -0.468 e. The van der Waals surface area contributed by atoms with Gasteiger partial charge < -0.3 is 10.1 Å². The summed E-state index contributed by atoms with van der Waals surface area (Å²) in [5.41, 5.74) is 2.78. The van der Waals surface area contributed by atoms with Crippen LogP contribution in [0.5, 0.6) is 0 Å². The maximum Gasteiger partial charge on any atom is 0.323 e. The number of rotatable bonds is 5. The van der Waals surface area contributed by atoms with Gasteiger partial charge >= 0.3 is 5.97 Å². The van der Waals surface area contributed by atoms with Gasteiger partial charge in [0.05, 0.1) is 17.8 Å². The zero-order valence-corrected chi connectivity index (χ0v) is 16.4. The fourth-order valence-corrected chi connectivity index (χ4v) is 3.57. The first kappa shape index (κ1) is 19.7. The maximum absolute atomic E-state index is 12.4. The topological polar surface area (TPSA) is 58.6 Å². The average molecular weight is 407 g/mol. The highest BCUT2D eigenvalue weighted by molar-refractivity contribution is 6.35. The largest absolute Gasteiger partial charge is 0.468 e. The molecule has 1 N–H and O–H groups in total. The quantitative estimate of drug-likeness (QED) is 0.764. The van der Waals surface area contributed by atoms with Crippen molar-refractivity contribution < 1.29 is 14.3 Å². The Morgan fingerprint density at radius 1 is 1.19 bits per heavy atom. The molecule has 0 aliphatic carbocycles. The summed E-state index contributed by atoms with van der Waals surface area (Å²) in [6, 6.07) is 12.5. The van der Waals surface area contributed by atoms with E-state index in [9.17, 15) is 9.59 Å². The summed E-state index contributed by atoms with van der Waals surface area (Å²) in [5.74, 6) is -0.482. The Morgan fingerprint density at radius 2 is 1.93 bits per heavy atom. The number of carbonyl (C=O) groups is 2. The van der Waals surface area contributed by atoms with Crippen LogP contribution in [-0.4, -0.2) is 36.5 Å². The van der Waals surface area contributed by atoms with E-state index in [-0.39, 0.29) is 18.3 Å². The number of amides is 1. The second-order valence-corrected chi connectivity index (χ2v) is 7.25. The predicted molar refractivity (Wildman–Crippen MR) is 106 cm³/mol. The van der Waals surface area contributed by atoms with E-state index in [1.807, 2.05) is 29.2 Å². The number of nitrogens with zero attached hydrogens (tertiary/aromatic N) is 1. The number of benzene rings is 2. The number of hydrogen-bond donors (Lipinski definition) is 1. The zero-order chi connectivity index (χ0) is 19.4. The highest BCUT2D eigenvalue weighted by atomic mass is 35.5. The number of nitrogens with one attached hydrogen (secondary N) is 1. The van der Waals surface area contributed by atoms with Gasteiger partial charge in [0.1, 0.15) is 6.04 Å². The lowest BCUT2D eigenvalue weighted by molar-refractivity contribution is -0.148. The van der Waals surface area contributed by atoms with Crippen molar-refractivity contribution in [1.29, 1.82) is 0 Å². The molecule has 0 spiro atoms. The lowest BCUT2D eigenvalue weighted by Crippen LogP contribution is -2.47. The number of anilines is 1. The van der Waals surface area contributed by atoms with Gasteiger partial charge in [-0.05, 0) is 35.7 Å². The Balaban J connectivity index is 1.66. The minimum absolute atomic E-state index is 0.193. The molecule has 1 aliphatic heterocycles. The minimum atomic E-state index is -0.396. The number of halogens is 2. The molecule has 0 fully saturated rings. The summed E-state index contributed by atoms with van der Waals surface area (Å²) in [6.45, 7) is 1.03. The first-order valence-corrected chi connectivity index (χ1v) is 9.37. The summed E-state index contributed by atoms with van der Waals surface area (Å²) < 4.78 is 4.95. The van der Waals surface area contributed by atoms with Gasteiger partial charge in [-0.2, -0.15) is 0 Å². The van der Waals surface area contributed by atoms with Gasteiger partial charge in [0.25, 0.3) is 0 Å². The van der Waals surface area contributed by atoms with Crippen LogP contribution in [0.3, 0.4) is 0 Å². The monoisotopic (exact) mass is 406 g/mol. The molecule has 0 aromatic heterocycles. The van der Waals surface area contributed by atoms with Crippen LogP contribution >= 0.6 is 23.2 Å². The smallest absolute Gasteiger partial charge is 0.323 e. The molecule has 0 radical (unpaired) electrons. The molecule has 1 heterocycles. The summed E-state index contributed by atoms with van der Waals surface area (Å²) in [6.07, 6.45) is 0.795. The Labute approximate surface area is 168 Å². The second kappa shape index (κ2) is 8.74. The third-order valence-corrected chi connectivity index (χ3v) is 5.21. The Bertz CT molecular complexity index is 857. The zero-order valence-electron chi connectivity index (χ0n) is 14.9. The molecular weight excluding hydrogens is 387 g/mol. The van der Waals surface area contributed by atoms with E-state index in [1.165, 1.54) is 7.11 Å². The first-order chi connectivity index (χ1) is 13.0. The van der Waals surface area contributed by atoms with E-state index in [4.69, 9.17) is 27.9 Å². The molecule has 1 amide bonds. The van der Waals surface area contributed by atoms with Gasteiger partial charge in [0, 0.05) is 24.5 Å². The molecule has 2 aromatic rings. The SMILES string of the molecule is COC(=O)C1Cc2ccccc2CN1CCC(=O)Nc1cc(Cl)ccc1Cl. The second-order valence-electron chi connectivity index (χ2n) is 6.40. The van der Waals surface area contributed by atoms with E-state index in [0.717, 1.165) is 11.1 Å². The summed E-state index contributed by atoms with van der Waals surface area (Å²) in [4.78, 5) is 26.5. The molecule has 5 nitrogen and oxygen atoms in total. The van der Waals surface area contributed by atoms with Crippen molar-refractivity contribution in [2.75, 3.05) is 19.0 Å². The molecular formula is C20H20Cl2N2O3. The maximum atomic E-state index is 12.4. The third-order valence-electron chi connectivity index (χ3n) is 4.65. The Morgan fingerprint density at radius 3 is 2.67 bits per heavy atom. The average Bonchev–Trinajstić information content (AvgIpc) is 2.67. The molecule has 0 saturated carbocycles. The van der Waals surface area contributed by atoms with Crippen molar-refractivity contribution in [2.24, 2.45) is 0 Å². The van der Waals surface area contributed by atoms with Gasteiger partial charge in [0.15, 0.2) is 0 Å². The van der Waals surface area contributed by atoms with Crippen LogP contribution in [0.1, 0.15) is 17.5 Å². The summed E-state index contributed by atoms with van der Waals surface area (Å²) in [7, 11) is 1.38. The summed E-state index contributed by atoms with van der Waals surface area (Å²) in [5, 5.41) is 3.69. The fraction of sp³-hybridized carbons (Fsp3) is 0.300. The van der Waals surface area contributed by atoms with Crippen molar-refractivity contribution in [3.05, 3.63) is 63.6 Å². The first-order valence-electron chi connectivity index (χ1n) is 8.61. The molecule has 3 rings (SSSR count). The van der Waals surface area contributed by atoms with Crippen LogP contribution < -0.4 is 5.32 Å². The standard InChI is InChI=1S/C20H20Cl2N2O3/c1-27-20(26)18-10-13-4-2-3-5-14(13)12-24(18)9-8-19(25)23-17-11-15(21)6-7-16(17)22/h2-7,11,18H,8-10,12H2,1H3,(H,23,25).